The quantitative estimate of drug-likeness (QED) is 0.657. The van der Waals surface area contributed by atoms with Crippen molar-refractivity contribution in [3.8, 4) is 11.5 Å². The van der Waals surface area contributed by atoms with Gasteiger partial charge in [-0.2, -0.15) is 19.4 Å². The molecule has 0 saturated carbocycles. The maximum atomic E-state index is 12.9. The van der Waals surface area contributed by atoms with Crippen LogP contribution in [0, 0.1) is 0 Å². The van der Waals surface area contributed by atoms with Crippen molar-refractivity contribution in [2.45, 2.75) is 26.2 Å². The monoisotopic (exact) mass is 356 g/mol. The molecule has 0 aliphatic heterocycles. The molecule has 3 rings (SSSR count). The number of hydrogen-bond donors (Lipinski definition) is 0. The fraction of sp³-hybridized carbons (Fsp3) is 0.353. The number of fused-ring (bicyclic) bond motifs is 1. The summed E-state index contributed by atoms with van der Waals surface area (Å²) in [4.78, 5) is 12.9. The van der Waals surface area contributed by atoms with Crippen molar-refractivity contribution >= 4 is 12.0 Å². The van der Waals surface area contributed by atoms with Gasteiger partial charge in [0, 0.05) is 17.0 Å². The van der Waals surface area contributed by atoms with Gasteiger partial charge in [-0.1, -0.05) is 20.8 Å². The summed E-state index contributed by atoms with van der Waals surface area (Å²) >= 11 is 0. The van der Waals surface area contributed by atoms with Crippen molar-refractivity contribution in [1.82, 2.24) is 24.5 Å². The highest BCUT2D eigenvalue weighted by atomic mass is 16.5. The molecule has 0 N–H and O–H groups in total. The van der Waals surface area contributed by atoms with E-state index >= 15 is 0 Å². The molecule has 0 unspecified atom stereocenters. The molecule has 0 fully saturated rings. The normalized spacial score (nSPS) is 12.0. The molecule has 0 spiro atoms. The minimum absolute atomic E-state index is 0.228. The van der Waals surface area contributed by atoms with Gasteiger partial charge in [-0.3, -0.25) is 4.79 Å². The van der Waals surface area contributed by atoms with E-state index in [9.17, 15) is 4.79 Å². The Labute approximate surface area is 149 Å². The van der Waals surface area contributed by atoms with E-state index < -0.39 is 5.41 Å². The Bertz CT molecular complexity index is 1030. The smallest absolute Gasteiger partial charge is 0.298 e. The molecule has 0 saturated heterocycles. The first-order chi connectivity index (χ1) is 12.3. The van der Waals surface area contributed by atoms with E-state index in [4.69, 9.17) is 9.47 Å². The summed E-state index contributed by atoms with van der Waals surface area (Å²) < 4.78 is 13.2. The van der Waals surface area contributed by atoms with E-state index in [0.717, 1.165) is 0 Å². The zero-order valence-electron chi connectivity index (χ0n) is 15.3. The van der Waals surface area contributed by atoms with Crippen molar-refractivity contribution in [2.75, 3.05) is 14.2 Å². The van der Waals surface area contributed by atoms with Crippen LogP contribution in [0.25, 0.3) is 5.78 Å². The zero-order chi connectivity index (χ0) is 18.9. The predicted molar refractivity (Wildman–Crippen MR) is 96.3 cm³/mol. The Morgan fingerprint density at radius 1 is 1.19 bits per heavy atom. The highest BCUT2D eigenvalue weighted by Crippen LogP contribution is 2.23. The van der Waals surface area contributed by atoms with Crippen LogP contribution in [0.2, 0.25) is 0 Å². The maximum absolute atomic E-state index is 12.9. The fourth-order valence-corrected chi connectivity index (χ4v) is 2.40. The van der Waals surface area contributed by atoms with Crippen molar-refractivity contribution in [1.29, 1.82) is 0 Å². The van der Waals surface area contributed by atoms with Crippen LogP contribution in [0.4, 0.5) is 0 Å². The van der Waals surface area contributed by atoms with E-state index in [1.54, 1.807) is 32.4 Å². The van der Waals surface area contributed by atoms with Gasteiger partial charge < -0.3 is 9.47 Å². The Balaban J connectivity index is 2.15. The van der Waals surface area contributed by atoms with E-state index in [0.29, 0.717) is 22.8 Å². The van der Waals surface area contributed by atoms with Gasteiger partial charge >= 0.3 is 0 Å². The van der Waals surface area contributed by atoms with Crippen LogP contribution in [0.3, 0.4) is 0 Å². The van der Waals surface area contributed by atoms with Crippen molar-refractivity contribution in [3.05, 3.63) is 46.1 Å². The second-order valence-electron chi connectivity index (χ2n) is 6.64. The lowest BCUT2D eigenvalue weighted by molar-refractivity contribution is 0.394. The number of benzene rings is 1. The summed E-state index contributed by atoms with van der Waals surface area (Å²) in [6, 6.07) is 5.31. The highest BCUT2D eigenvalue weighted by molar-refractivity contribution is 5.84. The van der Waals surface area contributed by atoms with Crippen LogP contribution >= 0.6 is 0 Å². The molecule has 26 heavy (non-hydrogen) atoms. The Morgan fingerprint density at radius 3 is 2.62 bits per heavy atom. The first-order valence-corrected chi connectivity index (χ1v) is 7.95. The highest BCUT2D eigenvalue weighted by Gasteiger charge is 2.23. The van der Waals surface area contributed by atoms with Gasteiger partial charge in [0.15, 0.2) is 0 Å². The minimum atomic E-state index is -0.454. The third-order valence-corrected chi connectivity index (χ3v) is 3.77. The molecule has 3 aromatic rings. The van der Waals surface area contributed by atoms with Crippen molar-refractivity contribution in [2.24, 2.45) is 5.10 Å². The standard InChI is InChI=1S/C17H20N6O3/c1-17(2,3)14-15(24)23(16-20-18-10-22(16)21-14)19-9-11-6-7-12(25-4)8-13(11)26-5/h6-10H,1-5H3/b19-9-. The lowest BCUT2D eigenvalue weighted by Gasteiger charge is -2.16. The van der Waals surface area contributed by atoms with Crippen LogP contribution in [-0.2, 0) is 5.41 Å². The number of ether oxygens (including phenoxy) is 2. The van der Waals surface area contributed by atoms with E-state index in [1.165, 1.54) is 21.7 Å². The van der Waals surface area contributed by atoms with Gasteiger partial charge in [-0.05, 0) is 12.1 Å². The molecule has 0 radical (unpaired) electrons. The van der Waals surface area contributed by atoms with Gasteiger partial charge in [0.1, 0.15) is 23.5 Å². The van der Waals surface area contributed by atoms with Gasteiger partial charge in [0.25, 0.3) is 11.3 Å². The first-order valence-electron chi connectivity index (χ1n) is 7.95. The summed E-state index contributed by atoms with van der Waals surface area (Å²) in [6.45, 7) is 5.73. The Hall–Kier alpha value is -3.23. The number of rotatable bonds is 4. The molecule has 0 atom stereocenters. The molecule has 9 nitrogen and oxygen atoms in total. The maximum Gasteiger partial charge on any atom is 0.298 e. The van der Waals surface area contributed by atoms with Crippen LogP contribution in [-0.4, -0.2) is 44.9 Å². The minimum Gasteiger partial charge on any atom is -0.497 e. The molecule has 0 amide bonds. The molecule has 1 aromatic carbocycles. The van der Waals surface area contributed by atoms with Crippen LogP contribution in [0.5, 0.6) is 11.5 Å². The molecule has 0 aliphatic carbocycles. The summed E-state index contributed by atoms with van der Waals surface area (Å²) in [5.41, 5.74) is 0.252. The van der Waals surface area contributed by atoms with Gasteiger partial charge in [0.05, 0.1) is 20.4 Å². The fourth-order valence-electron chi connectivity index (χ4n) is 2.40. The van der Waals surface area contributed by atoms with Crippen molar-refractivity contribution < 1.29 is 9.47 Å². The number of aromatic nitrogens is 5. The second kappa shape index (κ2) is 6.58. The van der Waals surface area contributed by atoms with Gasteiger partial charge in [-0.25, -0.2) is 0 Å². The van der Waals surface area contributed by atoms with Crippen molar-refractivity contribution in [3.63, 3.8) is 0 Å². The lowest BCUT2D eigenvalue weighted by atomic mass is 9.93. The third kappa shape index (κ3) is 3.15. The van der Waals surface area contributed by atoms with Crippen LogP contribution in [0.15, 0.2) is 34.4 Å². The molecule has 2 aromatic heterocycles. The number of methoxy groups -OCH3 is 2. The van der Waals surface area contributed by atoms with E-state index in [-0.39, 0.29) is 11.3 Å². The Kier molecular flexibility index (Phi) is 4.45. The average molecular weight is 356 g/mol. The topological polar surface area (TPSA) is 95.9 Å². The van der Waals surface area contributed by atoms with Crippen LogP contribution < -0.4 is 15.0 Å². The second-order valence-corrected chi connectivity index (χ2v) is 6.64. The molecular formula is C17H20N6O3. The molecular weight excluding hydrogens is 336 g/mol. The molecule has 9 heteroatoms. The average Bonchev–Trinajstić information content (AvgIpc) is 3.07. The summed E-state index contributed by atoms with van der Waals surface area (Å²) in [5, 5.41) is 16.4. The lowest BCUT2D eigenvalue weighted by Crippen LogP contribution is -2.33. The molecule has 0 bridgehead atoms. The summed E-state index contributed by atoms with van der Waals surface area (Å²) in [5.74, 6) is 1.46. The zero-order valence-corrected chi connectivity index (χ0v) is 15.3. The SMILES string of the molecule is COc1ccc(/C=N\n2c(=O)c(C(C)(C)C)nn3cnnc23)c(OC)c1. The summed E-state index contributed by atoms with van der Waals surface area (Å²) in [6.07, 6.45) is 2.96. The molecule has 2 heterocycles. The van der Waals surface area contributed by atoms with Gasteiger partial charge in [0.2, 0.25) is 0 Å². The predicted octanol–water partition coefficient (Wildman–Crippen LogP) is 1.48. The summed E-state index contributed by atoms with van der Waals surface area (Å²) in [7, 11) is 3.13. The number of nitrogens with zero attached hydrogens (tertiary/aromatic N) is 6. The first kappa shape index (κ1) is 17.6. The molecule has 0 aliphatic rings. The van der Waals surface area contributed by atoms with Crippen LogP contribution in [0.1, 0.15) is 32.0 Å². The Morgan fingerprint density at radius 2 is 1.96 bits per heavy atom. The third-order valence-electron chi connectivity index (χ3n) is 3.77. The van der Waals surface area contributed by atoms with Gasteiger partial charge in [-0.15, -0.1) is 10.2 Å². The number of hydrogen-bond acceptors (Lipinski definition) is 7. The van der Waals surface area contributed by atoms with E-state index in [2.05, 4.69) is 20.4 Å². The molecule has 136 valence electrons. The largest absolute Gasteiger partial charge is 0.497 e. The van der Waals surface area contributed by atoms with E-state index in [1.807, 2.05) is 20.8 Å².